The minimum atomic E-state index is 0.963. The van der Waals surface area contributed by atoms with E-state index >= 15 is 0 Å². The Morgan fingerprint density at radius 1 is 0.800 bits per heavy atom. The van der Waals surface area contributed by atoms with E-state index in [0.29, 0.717) is 0 Å². The van der Waals surface area contributed by atoms with Crippen LogP contribution >= 0.6 is 0 Å². The van der Waals surface area contributed by atoms with Crippen LogP contribution in [0, 0.1) is 0 Å². The van der Waals surface area contributed by atoms with Crippen LogP contribution in [-0.2, 0) is 6.54 Å². The van der Waals surface area contributed by atoms with Crippen LogP contribution in [0.15, 0.2) is 66.7 Å². The Kier molecular flexibility index (Phi) is 4.57. The number of rotatable bonds is 4. The van der Waals surface area contributed by atoms with E-state index in [1.54, 1.807) is 7.11 Å². The first-order chi connectivity index (χ1) is 12.3. The standard InChI is InChI=1S/C22H24N2O/c1-25-22-9-5-4-8-21(22)24-14-12-23(13-15-24)17-18-10-11-19-6-2-3-7-20(19)16-18/h2-11,16H,12-15,17H2,1H3. The number of fused-ring (bicyclic) bond motifs is 1. The molecule has 1 aliphatic heterocycles. The van der Waals surface area contributed by atoms with Gasteiger partial charge < -0.3 is 9.64 Å². The number of nitrogens with zero attached hydrogens (tertiary/aromatic N) is 2. The van der Waals surface area contributed by atoms with Crippen molar-refractivity contribution in [1.29, 1.82) is 0 Å². The molecule has 0 amide bonds. The Labute approximate surface area is 149 Å². The molecule has 0 aliphatic carbocycles. The highest BCUT2D eigenvalue weighted by atomic mass is 16.5. The van der Waals surface area contributed by atoms with Crippen LogP contribution in [0.25, 0.3) is 10.8 Å². The van der Waals surface area contributed by atoms with Crippen LogP contribution in [0.1, 0.15) is 5.56 Å². The Morgan fingerprint density at radius 2 is 1.52 bits per heavy atom. The highest BCUT2D eigenvalue weighted by molar-refractivity contribution is 5.82. The number of hydrogen-bond donors (Lipinski definition) is 0. The lowest BCUT2D eigenvalue weighted by Gasteiger charge is -2.36. The highest BCUT2D eigenvalue weighted by Gasteiger charge is 2.19. The summed E-state index contributed by atoms with van der Waals surface area (Å²) in [6.07, 6.45) is 0. The SMILES string of the molecule is COc1ccccc1N1CCN(Cc2ccc3ccccc3c2)CC1. The van der Waals surface area contributed by atoms with Gasteiger partial charge >= 0.3 is 0 Å². The van der Waals surface area contributed by atoms with Crippen molar-refractivity contribution in [2.24, 2.45) is 0 Å². The Balaban J connectivity index is 1.41. The van der Waals surface area contributed by atoms with Crippen molar-refractivity contribution < 1.29 is 4.74 Å². The van der Waals surface area contributed by atoms with Crippen LogP contribution in [0.2, 0.25) is 0 Å². The molecule has 0 unspecified atom stereocenters. The monoisotopic (exact) mass is 332 g/mol. The van der Waals surface area contributed by atoms with E-state index in [9.17, 15) is 0 Å². The van der Waals surface area contributed by atoms with E-state index in [1.165, 1.54) is 22.0 Å². The molecule has 3 nitrogen and oxygen atoms in total. The Bertz CT molecular complexity index is 853. The predicted octanol–water partition coefficient (Wildman–Crippen LogP) is 4.17. The normalized spacial score (nSPS) is 15.5. The maximum atomic E-state index is 5.51. The summed E-state index contributed by atoms with van der Waals surface area (Å²) in [5.41, 5.74) is 2.60. The molecule has 3 heteroatoms. The number of methoxy groups -OCH3 is 1. The quantitative estimate of drug-likeness (QED) is 0.713. The van der Waals surface area contributed by atoms with E-state index in [1.807, 2.05) is 12.1 Å². The van der Waals surface area contributed by atoms with Crippen molar-refractivity contribution in [3.8, 4) is 5.75 Å². The second-order valence-corrected chi connectivity index (χ2v) is 6.62. The first-order valence-corrected chi connectivity index (χ1v) is 8.91. The summed E-state index contributed by atoms with van der Waals surface area (Å²) in [5.74, 6) is 0.963. The van der Waals surface area contributed by atoms with Gasteiger partial charge in [-0.2, -0.15) is 0 Å². The van der Waals surface area contributed by atoms with Gasteiger partial charge in [0.1, 0.15) is 5.75 Å². The smallest absolute Gasteiger partial charge is 0.142 e. The summed E-state index contributed by atoms with van der Waals surface area (Å²) < 4.78 is 5.51. The van der Waals surface area contributed by atoms with E-state index in [4.69, 9.17) is 4.74 Å². The summed E-state index contributed by atoms with van der Waals surface area (Å²) in [4.78, 5) is 4.96. The van der Waals surface area contributed by atoms with Crippen molar-refractivity contribution in [2.45, 2.75) is 6.54 Å². The van der Waals surface area contributed by atoms with Gasteiger partial charge in [-0.15, -0.1) is 0 Å². The lowest BCUT2D eigenvalue weighted by molar-refractivity contribution is 0.249. The van der Waals surface area contributed by atoms with Gasteiger partial charge in [-0.25, -0.2) is 0 Å². The third-order valence-corrected chi connectivity index (χ3v) is 5.02. The molecule has 1 fully saturated rings. The molecule has 0 atom stereocenters. The number of piperazine rings is 1. The fraction of sp³-hybridized carbons (Fsp3) is 0.273. The average Bonchev–Trinajstić information content (AvgIpc) is 2.68. The molecule has 25 heavy (non-hydrogen) atoms. The largest absolute Gasteiger partial charge is 0.495 e. The second-order valence-electron chi connectivity index (χ2n) is 6.62. The number of ether oxygens (including phenoxy) is 1. The van der Waals surface area contributed by atoms with Crippen molar-refractivity contribution in [2.75, 3.05) is 38.2 Å². The summed E-state index contributed by atoms with van der Waals surface area (Å²) in [7, 11) is 1.74. The number of para-hydroxylation sites is 2. The van der Waals surface area contributed by atoms with Crippen LogP contribution in [0.4, 0.5) is 5.69 Å². The average molecular weight is 332 g/mol. The maximum absolute atomic E-state index is 5.51. The molecule has 0 N–H and O–H groups in total. The summed E-state index contributed by atoms with van der Waals surface area (Å²) in [5, 5.41) is 2.64. The van der Waals surface area contributed by atoms with Gasteiger partial charge in [0, 0.05) is 32.7 Å². The van der Waals surface area contributed by atoms with Crippen molar-refractivity contribution in [3.05, 3.63) is 72.3 Å². The zero-order valence-electron chi connectivity index (χ0n) is 14.7. The third-order valence-electron chi connectivity index (χ3n) is 5.02. The number of anilines is 1. The summed E-state index contributed by atoms with van der Waals surface area (Å²) >= 11 is 0. The van der Waals surface area contributed by atoms with Crippen molar-refractivity contribution in [1.82, 2.24) is 4.90 Å². The molecule has 0 spiro atoms. The Hall–Kier alpha value is -2.52. The first kappa shape index (κ1) is 16.0. The molecule has 3 aromatic rings. The molecule has 0 saturated carbocycles. The first-order valence-electron chi connectivity index (χ1n) is 8.91. The Morgan fingerprint density at radius 3 is 2.32 bits per heavy atom. The molecule has 3 aromatic carbocycles. The molecular formula is C22H24N2O. The molecule has 0 radical (unpaired) electrons. The summed E-state index contributed by atoms with van der Waals surface area (Å²) in [6, 6.07) is 23.7. The van der Waals surface area contributed by atoms with E-state index in [-0.39, 0.29) is 0 Å². The predicted molar refractivity (Wildman–Crippen MR) is 104 cm³/mol. The number of hydrogen-bond acceptors (Lipinski definition) is 3. The second kappa shape index (κ2) is 7.16. The molecular weight excluding hydrogens is 308 g/mol. The van der Waals surface area contributed by atoms with Gasteiger partial charge in [0.2, 0.25) is 0 Å². The third kappa shape index (κ3) is 3.47. The van der Waals surface area contributed by atoms with E-state index < -0.39 is 0 Å². The van der Waals surface area contributed by atoms with Gasteiger partial charge in [0.25, 0.3) is 0 Å². The summed E-state index contributed by atoms with van der Waals surface area (Å²) in [6.45, 7) is 5.24. The molecule has 0 bridgehead atoms. The zero-order chi connectivity index (χ0) is 17.1. The minimum Gasteiger partial charge on any atom is -0.495 e. The van der Waals surface area contributed by atoms with Gasteiger partial charge in [-0.05, 0) is 34.5 Å². The topological polar surface area (TPSA) is 15.7 Å². The van der Waals surface area contributed by atoms with Crippen LogP contribution < -0.4 is 9.64 Å². The highest BCUT2D eigenvalue weighted by Crippen LogP contribution is 2.28. The van der Waals surface area contributed by atoms with Crippen LogP contribution in [0.3, 0.4) is 0 Å². The van der Waals surface area contributed by atoms with E-state index in [0.717, 1.165) is 38.5 Å². The molecule has 1 saturated heterocycles. The lowest BCUT2D eigenvalue weighted by Crippen LogP contribution is -2.46. The maximum Gasteiger partial charge on any atom is 0.142 e. The molecule has 128 valence electrons. The number of benzene rings is 3. The zero-order valence-corrected chi connectivity index (χ0v) is 14.7. The van der Waals surface area contributed by atoms with Crippen LogP contribution in [0.5, 0.6) is 5.75 Å². The minimum absolute atomic E-state index is 0.963. The van der Waals surface area contributed by atoms with Gasteiger partial charge in [0.15, 0.2) is 0 Å². The van der Waals surface area contributed by atoms with Gasteiger partial charge in [0.05, 0.1) is 12.8 Å². The molecule has 4 rings (SSSR count). The van der Waals surface area contributed by atoms with Gasteiger partial charge in [-0.1, -0.05) is 48.5 Å². The van der Waals surface area contributed by atoms with Crippen molar-refractivity contribution >= 4 is 16.5 Å². The van der Waals surface area contributed by atoms with Gasteiger partial charge in [-0.3, -0.25) is 4.90 Å². The fourth-order valence-electron chi connectivity index (χ4n) is 3.63. The van der Waals surface area contributed by atoms with E-state index in [2.05, 4.69) is 64.4 Å². The molecule has 0 aromatic heterocycles. The molecule has 1 heterocycles. The van der Waals surface area contributed by atoms with Crippen LogP contribution in [-0.4, -0.2) is 38.2 Å². The lowest BCUT2D eigenvalue weighted by atomic mass is 10.1. The fourth-order valence-corrected chi connectivity index (χ4v) is 3.63. The van der Waals surface area contributed by atoms with Crippen molar-refractivity contribution in [3.63, 3.8) is 0 Å². The molecule has 1 aliphatic rings.